The van der Waals surface area contributed by atoms with Crippen LogP contribution in [0.5, 0.6) is 0 Å². The van der Waals surface area contributed by atoms with Gasteiger partial charge in [-0.1, -0.05) is 6.58 Å². The maximum absolute atomic E-state index is 4.70. The Morgan fingerprint density at radius 2 is 2.50 bits per heavy atom. The highest BCUT2D eigenvalue weighted by Crippen LogP contribution is 1.98. The van der Waals surface area contributed by atoms with Gasteiger partial charge in [-0.15, -0.1) is 0 Å². The summed E-state index contributed by atoms with van der Waals surface area (Å²) in [4.78, 5) is 0. The average molecular weight is 198 g/mol. The molecule has 0 aliphatic heterocycles. The SMILES string of the molecule is C=C(I)COC. The van der Waals surface area contributed by atoms with Crippen molar-refractivity contribution in [3.63, 3.8) is 0 Å². The lowest BCUT2D eigenvalue weighted by Crippen LogP contribution is -1.82. The van der Waals surface area contributed by atoms with Gasteiger partial charge in [-0.05, 0) is 22.6 Å². The van der Waals surface area contributed by atoms with Crippen LogP contribution in [0.15, 0.2) is 10.2 Å². The zero-order valence-electron chi connectivity index (χ0n) is 3.70. The molecule has 0 spiro atoms. The number of methoxy groups -OCH3 is 1. The number of halogens is 1. The number of rotatable bonds is 2. The van der Waals surface area contributed by atoms with Gasteiger partial charge in [0.05, 0.1) is 6.61 Å². The van der Waals surface area contributed by atoms with Crippen LogP contribution in [-0.2, 0) is 4.74 Å². The second kappa shape index (κ2) is 3.61. The van der Waals surface area contributed by atoms with Crippen LogP contribution in [0.2, 0.25) is 0 Å². The zero-order valence-corrected chi connectivity index (χ0v) is 5.86. The van der Waals surface area contributed by atoms with Crippen molar-refractivity contribution in [2.45, 2.75) is 0 Å². The molecule has 36 valence electrons. The zero-order chi connectivity index (χ0) is 4.99. The topological polar surface area (TPSA) is 9.23 Å². The van der Waals surface area contributed by atoms with Gasteiger partial charge < -0.3 is 4.74 Å². The molecule has 0 aromatic carbocycles. The molecule has 0 heterocycles. The third-order valence-corrected chi connectivity index (χ3v) is 0.612. The van der Waals surface area contributed by atoms with Gasteiger partial charge in [0.15, 0.2) is 0 Å². The summed E-state index contributed by atoms with van der Waals surface area (Å²) in [5.74, 6) is 0. The highest BCUT2D eigenvalue weighted by Gasteiger charge is 1.77. The summed E-state index contributed by atoms with van der Waals surface area (Å²) < 4.78 is 5.73. The molecule has 0 unspecified atom stereocenters. The Hall–Kier alpha value is 0.430. The Bertz CT molecular complexity index is 51.5. The first kappa shape index (κ1) is 6.43. The van der Waals surface area contributed by atoms with E-state index in [4.69, 9.17) is 4.74 Å². The van der Waals surface area contributed by atoms with Gasteiger partial charge in [-0.3, -0.25) is 0 Å². The van der Waals surface area contributed by atoms with E-state index in [1.165, 1.54) is 0 Å². The van der Waals surface area contributed by atoms with Crippen molar-refractivity contribution >= 4 is 22.6 Å². The normalized spacial score (nSPS) is 8.33. The molecule has 1 nitrogen and oxygen atoms in total. The number of hydrogen-bond donors (Lipinski definition) is 0. The van der Waals surface area contributed by atoms with E-state index in [0.717, 1.165) is 3.58 Å². The first-order chi connectivity index (χ1) is 2.77. The summed E-state index contributed by atoms with van der Waals surface area (Å²) >= 11 is 2.12. The summed E-state index contributed by atoms with van der Waals surface area (Å²) in [6, 6.07) is 0. The van der Waals surface area contributed by atoms with Crippen LogP contribution in [0.25, 0.3) is 0 Å². The lowest BCUT2D eigenvalue weighted by atomic mass is 10.7. The first-order valence-electron chi connectivity index (χ1n) is 1.59. The molecule has 0 fully saturated rings. The maximum Gasteiger partial charge on any atom is 0.0764 e. The Morgan fingerprint density at radius 3 is 2.50 bits per heavy atom. The van der Waals surface area contributed by atoms with Crippen LogP contribution < -0.4 is 0 Å². The first-order valence-corrected chi connectivity index (χ1v) is 2.67. The van der Waals surface area contributed by atoms with Gasteiger partial charge in [0, 0.05) is 10.7 Å². The molecule has 0 aromatic heterocycles. The van der Waals surface area contributed by atoms with E-state index in [0.29, 0.717) is 6.61 Å². The number of ether oxygens (including phenoxy) is 1. The van der Waals surface area contributed by atoms with E-state index in [1.54, 1.807) is 7.11 Å². The molecule has 0 atom stereocenters. The monoisotopic (exact) mass is 198 g/mol. The quantitative estimate of drug-likeness (QED) is 0.612. The molecule has 0 rings (SSSR count). The maximum atomic E-state index is 4.70. The fraction of sp³-hybridized carbons (Fsp3) is 0.500. The fourth-order valence-electron chi connectivity index (χ4n) is 0.157. The summed E-state index contributed by atoms with van der Waals surface area (Å²) in [5, 5.41) is 0. The molecule has 0 saturated heterocycles. The van der Waals surface area contributed by atoms with Crippen LogP contribution in [-0.4, -0.2) is 13.7 Å². The lowest BCUT2D eigenvalue weighted by molar-refractivity contribution is 0.233. The Morgan fingerprint density at radius 1 is 2.00 bits per heavy atom. The predicted octanol–water partition coefficient (Wildman–Crippen LogP) is 1.58. The minimum absolute atomic E-state index is 0.667. The standard InChI is InChI=1S/C4H7IO/c1-4(5)3-6-2/h1,3H2,2H3. The second-order valence-corrected chi connectivity index (χ2v) is 2.48. The van der Waals surface area contributed by atoms with Crippen molar-refractivity contribution in [2.24, 2.45) is 0 Å². The predicted molar refractivity (Wildman–Crippen MR) is 35.0 cm³/mol. The van der Waals surface area contributed by atoms with Gasteiger partial charge >= 0.3 is 0 Å². The van der Waals surface area contributed by atoms with Gasteiger partial charge in [-0.25, -0.2) is 0 Å². The van der Waals surface area contributed by atoms with E-state index in [1.807, 2.05) is 0 Å². The second-order valence-electron chi connectivity index (χ2n) is 0.950. The molecule has 6 heavy (non-hydrogen) atoms. The Labute approximate surface area is 51.5 Å². The van der Waals surface area contributed by atoms with E-state index in [2.05, 4.69) is 29.2 Å². The number of hydrogen-bond acceptors (Lipinski definition) is 1. The van der Waals surface area contributed by atoms with Crippen molar-refractivity contribution in [2.75, 3.05) is 13.7 Å². The van der Waals surface area contributed by atoms with Crippen LogP contribution >= 0.6 is 22.6 Å². The third-order valence-electron chi connectivity index (χ3n) is 0.301. The van der Waals surface area contributed by atoms with Crippen molar-refractivity contribution in [3.05, 3.63) is 10.2 Å². The third kappa shape index (κ3) is 4.43. The van der Waals surface area contributed by atoms with Crippen LogP contribution in [0.4, 0.5) is 0 Å². The van der Waals surface area contributed by atoms with Crippen molar-refractivity contribution in [1.82, 2.24) is 0 Å². The molecule has 0 amide bonds. The average Bonchev–Trinajstić information content (AvgIpc) is 1.35. The van der Waals surface area contributed by atoms with E-state index in [9.17, 15) is 0 Å². The highest BCUT2D eigenvalue weighted by molar-refractivity contribution is 14.1. The molecular weight excluding hydrogens is 191 g/mol. The van der Waals surface area contributed by atoms with Gasteiger partial charge in [0.2, 0.25) is 0 Å². The summed E-state index contributed by atoms with van der Waals surface area (Å²) in [7, 11) is 1.66. The molecule has 0 radical (unpaired) electrons. The van der Waals surface area contributed by atoms with Gasteiger partial charge in [0.1, 0.15) is 0 Å². The molecule has 0 aliphatic carbocycles. The Balaban J connectivity index is 2.83. The van der Waals surface area contributed by atoms with Crippen molar-refractivity contribution in [3.8, 4) is 0 Å². The van der Waals surface area contributed by atoms with E-state index in [-0.39, 0.29) is 0 Å². The molecule has 0 bridgehead atoms. The van der Waals surface area contributed by atoms with Crippen LogP contribution in [0.3, 0.4) is 0 Å². The molecule has 0 saturated carbocycles. The van der Waals surface area contributed by atoms with E-state index >= 15 is 0 Å². The minimum Gasteiger partial charge on any atom is -0.380 e. The van der Waals surface area contributed by atoms with Gasteiger partial charge in [0.25, 0.3) is 0 Å². The molecule has 0 aromatic rings. The molecule has 0 aliphatic rings. The summed E-state index contributed by atoms with van der Waals surface area (Å²) in [5.41, 5.74) is 0. The summed E-state index contributed by atoms with van der Waals surface area (Å²) in [6.07, 6.45) is 0. The van der Waals surface area contributed by atoms with Crippen molar-refractivity contribution in [1.29, 1.82) is 0 Å². The fourth-order valence-corrected chi connectivity index (χ4v) is 0.468. The molecular formula is C4H7IO. The minimum atomic E-state index is 0.667. The van der Waals surface area contributed by atoms with Gasteiger partial charge in [-0.2, -0.15) is 0 Å². The molecule has 2 heteroatoms. The van der Waals surface area contributed by atoms with E-state index < -0.39 is 0 Å². The smallest absolute Gasteiger partial charge is 0.0764 e. The largest absolute Gasteiger partial charge is 0.380 e. The van der Waals surface area contributed by atoms with Crippen molar-refractivity contribution < 1.29 is 4.74 Å². The van der Waals surface area contributed by atoms with Crippen LogP contribution in [0.1, 0.15) is 0 Å². The Kier molecular flexibility index (Phi) is 3.87. The summed E-state index contributed by atoms with van der Waals surface area (Å²) in [6.45, 7) is 4.27. The van der Waals surface area contributed by atoms with Crippen LogP contribution in [0, 0.1) is 0 Å². The lowest BCUT2D eigenvalue weighted by Gasteiger charge is -1.88. The molecule has 0 N–H and O–H groups in total. The highest BCUT2D eigenvalue weighted by atomic mass is 127.